The van der Waals surface area contributed by atoms with Crippen molar-refractivity contribution in [1.82, 2.24) is 0 Å². The van der Waals surface area contributed by atoms with Crippen LogP contribution in [0.4, 0.5) is 0 Å². The van der Waals surface area contributed by atoms with Crippen LogP contribution in [0.5, 0.6) is 0 Å². The van der Waals surface area contributed by atoms with Crippen LogP contribution in [0.3, 0.4) is 0 Å². The molecule has 114 valence electrons. The van der Waals surface area contributed by atoms with Crippen molar-refractivity contribution in [3.05, 3.63) is 70.8 Å². The molecule has 0 N–H and O–H groups in total. The van der Waals surface area contributed by atoms with Gasteiger partial charge in [0.2, 0.25) is 0 Å². The van der Waals surface area contributed by atoms with Crippen molar-refractivity contribution < 1.29 is 0 Å². The third kappa shape index (κ3) is 2.72. The molecule has 1 unspecified atom stereocenters. The topological polar surface area (TPSA) is 0 Å². The van der Waals surface area contributed by atoms with Gasteiger partial charge in [0, 0.05) is 5.92 Å². The zero-order valence-corrected chi connectivity index (χ0v) is 13.4. The first-order valence-corrected chi connectivity index (χ1v) is 9.09. The zero-order chi connectivity index (χ0) is 14.8. The van der Waals surface area contributed by atoms with Gasteiger partial charge in [-0.25, -0.2) is 0 Å². The molecule has 0 saturated heterocycles. The van der Waals surface area contributed by atoms with Crippen LogP contribution in [0.1, 0.15) is 79.0 Å². The Labute approximate surface area is 134 Å². The molecular formula is C22H26. The SMILES string of the molecule is c1ccc2c(c1)CCCC2c1ccc(C2CCCCC2)cc1. The molecule has 0 heterocycles. The Balaban J connectivity index is 1.59. The lowest BCUT2D eigenvalue weighted by molar-refractivity contribution is 0.443. The van der Waals surface area contributed by atoms with Crippen LogP contribution < -0.4 is 0 Å². The Hall–Kier alpha value is -1.56. The molecule has 0 amide bonds. The Bertz CT molecular complexity index is 617. The highest BCUT2D eigenvalue weighted by molar-refractivity contribution is 5.41. The summed E-state index contributed by atoms with van der Waals surface area (Å²) in [6.07, 6.45) is 11.0. The molecule has 2 aliphatic rings. The molecule has 22 heavy (non-hydrogen) atoms. The van der Waals surface area contributed by atoms with Crippen LogP contribution in [-0.4, -0.2) is 0 Å². The van der Waals surface area contributed by atoms with E-state index in [-0.39, 0.29) is 0 Å². The van der Waals surface area contributed by atoms with Crippen LogP contribution in [0, 0.1) is 0 Å². The summed E-state index contributed by atoms with van der Waals surface area (Å²) in [5, 5.41) is 0. The number of fused-ring (bicyclic) bond motifs is 1. The molecule has 0 spiro atoms. The lowest BCUT2D eigenvalue weighted by Gasteiger charge is -2.27. The fraction of sp³-hybridized carbons (Fsp3) is 0.455. The van der Waals surface area contributed by atoms with Gasteiger partial charge in [-0.05, 0) is 60.3 Å². The maximum absolute atomic E-state index is 2.42. The van der Waals surface area contributed by atoms with Crippen molar-refractivity contribution in [2.45, 2.75) is 63.2 Å². The first-order chi connectivity index (χ1) is 10.9. The highest BCUT2D eigenvalue weighted by Crippen LogP contribution is 2.38. The molecule has 2 aromatic carbocycles. The second-order valence-electron chi connectivity index (χ2n) is 7.15. The average Bonchev–Trinajstić information content (AvgIpc) is 2.62. The molecule has 2 aromatic rings. The van der Waals surface area contributed by atoms with Crippen LogP contribution >= 0.6 is 0 Å². The van der Waals surface area contributed by atoms with E-state index in [0.717, 1.165) is 5.92 Å². The van der Waals surface area contributed by atoms with Crippen molar-refractivity contribution in [1.29, 1.82) is 0 Å². The molecule has 4 rings (SSSR count). The summed E-state index contributed by atoms with van der Waals surface area (Å²) in [4.78, 5) is 0. The quantitative estimate of drug-likeness (QED) is 0.617. The summed E-state index contributed by atoms with van der Waals surface area (Å²) < 4.78 is 0. The Morgan fingerprint density at radius 2 is 1.36 bits per heavy atom. The molecule has 0 aromatic heterocycles. The van der Waals surface area contributed by atoms with Gasteiger partial charge in [-0.1, -0.05) is 67.8 Å². The molecule has 1 atom stereocenters. The molecule has 0 nitrogen and oxygen atoms in total. The fourth-order valence-electron chi connectivity index (χ4n) is 4.54. The third-order valence-corrected chi connectivity index (χ3v) is 5.78. The molecule has 2 aliphatic carbocycles. The van der Waals surface area contributed by atoms with E-state index in [1.807, 2.05) is 0 Å². The second kappa shape index (κ2) is 6.28. The lowest BCUT2D eigenvalue weighted by Crippen LogP contribution is -2.11. The van der Waals surface area contributed by atoms with Gasteiger partial charge in [-0.2, -0.15) is 0 Å². The minimum absolute atomic E-state index is 0.616. The second-order valence-corrected chi connectivity index (χ2v) is 7.15. The molecular weight excluding hydrogens is 264 g/mol. The summed E-state index contributed by atoms with van der Waals surface area (Å²) in [6, 6.07) is 18.7. The predicted octanol–water partition coefficient (Wildman–Crippen LogP) is 6.20. The summed E-state index contributed by atoms with van der Waals surface area (Å²) >= 11 is 0. The Kier molecular flexibility index (Phi) is 4.01. The highest BCUT2D eigenvalue weighted by Gasteiger charge is 2.22. The lowest BCUT2D eigenvalue weighted by atomic mass is 9.78. The van der Waals surface area contributed by atoms with E-state index in [1.54, 1.807) is 16.7 Å². The maximum atomic E-state index is 2.42. The van der Waals surface area contributed by atoms with E-state index < -0.39 is 0 Å². The molecule has 0 heteroatoms. The predicted molar refractivity (Wildman–Crippen MR) is 93.5 cm³/mol. The molecule has 1 fully saturated rings. The average molecular weight is 290 g/mol. The van der Waals surface area contributed by atoms with E-state index in [9.17, 15) is 0 Å². The van der Waals surface area contributed by atoms with Gasteiger partial charge in [0.1, 0.15) is 0 Å². The number of aryl methyl sites for hydroxylation is 1. The van der Waals surface area contributed by atoms with Gasteiger partial charge in [-0.15, -0.1) is 0 Å². The number of rotatable bonds is 2. The van der Waals surface area contributed by atoms with Crippen molar-refractivity contribution in [2.75, 3.05) is 0 Å². The van der Waals surface area contributed by atoms with Gasteiger partial charge >= 0.3 is 0 Å². The summed E-state index contributed by atoms with van der Waals surface area (Å²) in [5.74, 6) is 1.44. The van der Waals surface area contributed by atoms with Crippen molar-refractivity contribution >= 4 is 0 Å². The fourth-order valence-corrected chi connectivity index (χ4v) is 4.54. The number of hydrogen-bond donors (Lipinski definition) is 0. The number of benzene rings is 2. The van der Waals surface area contributed by atoms with E-state index in [4.69, 9.17) is 0 Å². The van der Waals surface area contributed by atoms with Gasteiger partial charge in [0.15, 0.2) is 0 Å². The van der Waals surface area contributed by atoms with Gasteiger partial charge in [0.05, 0.1) is 0 Å². The smallest absolute Gasteiger partial charge is 0.00921 e. The van der Waals surface area contributed by atoms with Crippen LogP contribution in [-0.2, 0) is 6.42 Å². The summed E-state index contributed by atoms with van der Waals surface area (Å²) in [7, 11) is 0. The van der Waals surface area contributed by atoms with E-state index in [0.29, 0.717) is 5.92 Å². The molecule has 0 aliphatic heterocycles. The first kappa shape index (κ1) is 14.1. The van der Waals surface area contributed by atoms with Crippen molar-refractivity contribution in [3.8, 4) is 0 Å². The maximum Gasteiger partial charge on any atom is 0.00921 e. The molecule has 1 saturated carbocycles. The first-order valence-electron chi connectivity index (χ1n) is 9.09. The van der Waals surface area contributed by atoms with Crippen LogP contribution in [0.25, 0.3) is 0 Å². The standard InChI is InChI=1S/C22H26/c1-2-7-17(8-3-1)18-13-15-20(16-14-18)22-12-6-10-19-9-4-5-11-21(19)22/h4-5,9,11,13-17,22H,1-3,6-8,10,12H2. The van der Waals surface area contributed by atoms with Crippen LogP contribution in [0.2, 0.25) is 0 Å². The molecule has 0 radical (unpaired) electrons. The van der Waals surface area contributed by atoms with E-state index in [2.05, 4.69) is 48.5 Å². The molecule has 0 bridgehead atoms. The Morgan fingerprint density at radius 1 is 0.636 bits per heavy atom. The number of hydrogen-bond acceptors (Lipinski definition) is 0. The highest BCUT2D eigenvalue weighted by atomic mass is 14.3. The summed E-state index contributed by atoms with van der Waals surface area (Å²) in [6.45, 7) is 0. The minimum Gasteiger partial charge on any atom is -0.0620 e. The monoisotopic (exact) mass is 290 g/mol. The van der Waals surface area contributed by atoms with Crippen LogP contribution in [0.15, 0.2) is 48.5 Å². The third-order valence-electron chi connectivity index (χ3n) is 5.78. The largest absolute Gasteiger partial charge is 0.0620 e. The normalized spacial score (nSPS) is 22.3. The van der Waals surface area contributed by atoms with Crippen molar-refractivity contribution in [3.63, 3.8) is 0 Å². The van der Waals surface area contributed by atoms with E-state index >= 15 is 0 Å². The zero-order valence-electron chi connectivity index (χ0n) is 13.4. The van der Waals surface area contributed by atoms with Gasteiger partial charge in [0.25, 0.3) is 0 Å². The van der Waals surface area contributed by atoms with E-state index in [1.165, 1.54) is 56.9 Å². The van der Waals surface area contributed by atoms with Gasteiger partial charge in [-0.3, -0.25) is 0 Å². The Morgan fingerprint density at radius 3 is 2.18 bits per heavy atom. The van der Waals surface area contributed by atoms with Crippen molar-refractivity contribution in [2.24, 2.45) is 0 Å². The minimum atomic E-state index is 0.616. The summed E-state index contributed by atoms with van der Waals surface area (Å²) in [5.41, 5.74) is 6.23. The van der Waals surface area contributed by atoms with Gasteiger partial charge < -0.3 is 0 Å².